The minimum Gasteiger partial charge on any atom is -0.490 e. The number of aromatic nitrogens is 1. The van der Waals surface area contributed by atoms with Gasteiger partial charge in [-0.25, -0.2) is 17.2 Å². The number of hydrogen-bond donors (Lipinski definition) is 1. The fourth-order valence-corrected chi connectivity index (χ4v) is 5.71. The van der Waals surface area contributed by atoms with Gasteiger partial charge in [0, 0.05) is 24.2 Å². The van der Waals surface area contributed by atoms with Crippen LogP contribution in [0.2, 0.25) is 0 Å². The number of hydrogen-bond acceptors (Lipinski definition) is 5. The molecule has 0 spiro atoms. The molecule has 1 aliphatic carbocycles. The average Bonchev–Trinajstić information content (AvgIpc) is 3.49. The molecule has 0 unspecified atom stereocenters. The molecule has 0 bridgehead atoms. The van der Waals surface area contributed by atoms with E-state index >= 15 is 0 Å². The van der Waals surface area contributed by atoms with Gasteiger partial charge in [-0.3, -0.25) is 10.1 Å². The maximum absolute atomic E-state index is 13.3. The summed E-state index contributed by atoms with van der Waals surface area (Å²) in [5, 5.41) is 2.98. The highest BCUT2D eigenvalue weighted by molar-refractivity contribution is 7.90. The molecule has 2 fully saturated rings. The summed E-state index contributed by atoms with van der Waals surface area (Å²) in [7, 11) is -3.81. The van der Waals surface area contributed by atoms with Crippen molar-refractivity contribution >= 4 is 32.9 Å². The van der Waals surface area contributed by atoms with E-state index < -0.39 is 16.1 Å². The van der Waals surface area contributed by atoms with Crippen LogP contribution in [0.3, 0.4) is 0 Å². The van der Waals surface area contributed by atoms with Crippen molar-refractivity contribution in [2.75, 3.05) is 6.54 Å². The zero-order valence-corrected chi connectivity index (χ0v) is 18.2. The first-order chi connectivity index (χ1) is 15.4. The van der Waals surface area contributed by atoms with Gasteiger partial charge in [0.15, 0.2) is 0 Å². The number of nitrogens with one attached hydrogen (secondary N) is 1. The van der Waals surface area contributed by atoms with E-state index in [1.54, 1.807) is 42.5 Å². The smallest absolute Gasteiger partial charge is 0.324 e. The number of amides is 3. The number of benzene rings is 2. The molecular formula is C23H23N3O5S. The third kappa shape index (κ3) is 3.84. The van der Waals surface area contributed by atoms with E-state index in [4.69, 9.17) is 4.74 Å². The Bertz CT molecular complexity index is 1310. The Kier molecular flexibility index (Phi) is 5.13. The van der Waals surface area contributed by atoms with Crippen molar-refractivity contribution in [3.63, 3.8) is 0 Å². The quantitative estimate of drug-likeness (QED) is 0.578. The van der Waals surface area contributed by atoms with Crippen LogP contribution in [0.4, 0.5) is 4.79 Å². The molecule has 2 aromatic carbocycles. The number of nitrogens with zero attached hydrogens (tertiary/aromatic N) is 2. The van der Waals surface area contributed by atoms with E-state index in [1.807, 2.05) is 6.07 Å². The van der Waals surface area contributed by atoms with Crippen molar-refractivity contribution in [3.8, 4) is 5.75 Å². The number of carbonyl (C=O) groups excluding carboxylic acids is 2. The van der Waals surface area contributed by atoms with Crippen LogP contribution in [0, 0.1) is 0 Å². The number of fused-ring (bicyclic) bond motifs is 1. The molecule has 166 valence electrons. The lowest BCUT2D eigenvalue weighted by Crippen LogP contribution is -2.27. The molecule has 1 N–H and O–H groups in total. The molecule has 8 nitrogen and oxygen atoms in total. The van der Waals surface area contributed by atoms with Crippen molar-refractivity contribution < 1.29 is 22.7 Å². The van der Waals surface area contributed by atoms with Crippen LogP contribution < -0.4 is 10.1 Å². The van der Waals surface area contributed by atoms with E-state index in [0.29, 0.717) is 11.3 Å². The Hall–Kier alpha value is -3.33. The van der Waals surface area contributed by atoms with Crippen LogP contribution in [0.25, 0.3) is 10.9 Å². The molecule has 2 heterocycles. The number of imide groups is 1. The zero-order chi connectivity index (χ0) is 22.3. The van der Waals surface area contributed by atoms with Crippen LogP contribution in [-0.4, -0.2) is 41.9 Å². The second-order valence-electron chi connectivity index (χ2n) is 8.22. The van der Waals surface area contributed by atoms with Crippen LogP contribution in [0.5, 0.6) is 5.75 Å². The van der Waals surface area contributed by atoms with Gasteiger partial charge in [0.05, 0.1) is 16.5 Å². The van der Waals surface area contributed by atoms with Crippen molar-refractivity contribution in [2.24, 2.45) is 0 Å². The molecule has 1 aliphatic heterocycles. The monoisotopic (exact) mass is 453 g/mol. The van der Waals surface area contributed by atoms with Gasteiger partial charge in [0.25, 0.3) is 10.0 Å². The molecule has 5 rings (SSSR count). The van der Waals surface area contributed by atoms with Crippen molar-refractivity contribution in [3.05, 3.63) is 60.3 Å². The summed E-state index contributed by atoms with van der Waals surface area (Å²) in [5.74, 6) is 0.239. The fraction of sp³-hybridized carbons (Fsp3) is 0.304. The molecule has 2 aliphatic rings. The Morgan fingerprint density at radius 1 is 1.03 bits per heavy atom. The molecule has 1 saturated carbocycles. The third-order valence-corrected chi connectivity index (χ3v) is 7.61. The number of carbonyl (C=O) groups is 2. The van der Waals surface area contributed by atoms with Gasteiger partial charge in [-0.05, 0) is 61.6 Å². The summed E-state index contributed by atoms with van der Waals surface area (Å²) < 4.78 is 33.9. The lowest BCUT2D eigenvalue weighted by atomic mass is 10.1. The Morgan fingerprint density at radius 3 is 2.59 bits per heavy atom. The predicted molar refractivity (Wildman–Crippen MR) is 118 cm³/mol. The molecule has 32 heavy (non-hydrogen) atoms. The van der Waals surface area contributed by atoms with E-state index in [2.05, 4.69) is 5.32 Å². The minimum absolute atomic E-state index is 0.0194. The molecule has 3 amide bonds. The molecule has 9 heteroatoms. The van der Waals surface area contributed by atoms with Crippen LogP contribution in [-0.2, 0) is 21.4 Å². The Labute approximate surface area is 185 Å². The normalized spacial score (nSPS) is 17.3. The van der Waals surface area contributed by atoms with Crippen LogP contribution in [0.1, 0.15) is 31.2 Å². The van der Waals surface area contributed by atoms with Gasteiger partial charge in [0.2, 0.25) is 5.91 Å². The molecule has 1 aromatic heterocycles. The summed E-state index contributed by atoms with van der Waals surface area (Å²) in [6, 6.07) is 13.3. The zero-order valence-electron chi connectivity index (χ0n) is 17.4. The van der Waals surface area contributed by atoms with Gasteiger partial charge in [-0.15, -0.1) is 0 Å². The van der Waals surface area contributed by atoms with Crippen LogP contribution >= 0.6 is 0 Å². The average molecular weight is 454 g/mol. The Morgan fingerprint density at radius 2 is 1.84 bits per heavy atom. The van der Waals surface area contributed by atoms with Gasteiger partial charge in [-0.1, -0.05) is 12.1 Å². The lowest BCUT2D eigenvalue weighted by Gasteiger charge is -2.15. The highest BCUT2D eigenvalue weighted by Gasteiger charge is 2.27. The van der Waals surface area contributed by atoms with Crippen LogP contribution in [0.15, 0.2) is 59.6 Å². The third-order valence-electron chi connectivity index (χ3n) is 5.93. The van der Waals surface area contributed by atoms with E-state index in [9.17, 15) is 18.0 Å². The fourth-order valence-electron chi connectivity index (χ4n) is 4.33. The van der Waals surface area contributed by atoms with Crippen molar-refractivity contribution in [1.82, 2.24) is 14.2 Å². The lowest BCUT2D eigenvalue weighted by molar-refractivity contribution is -0.118. The molecule has 1 saturated heterocycles. The number of ether oxygens (including phenoxy) is 1. The number of urea groups is 1. The molecular weight excluding hydrogens is 430 g/mol. The van der Waals surface area contributed by atoms with Gasteiger partial charge in [-0.2, -0.15) is 0 Å². The van der Waals surface area contributed by atoms with Gasteiger partial charge < -0.3 is 9.64 Å². The largest absolute Gasteiger partial charge is 0.490 e. The van der Waals surface area contributed by atoms with Gasteiger partial charge >= 0.3 is 6.03 Å². The summed E-state index contributed by atoms with van der Waals surface area (Å²) in [4.78, 5) is 24.7. The standard InChI is InChI=1S/C23H23N3O5S/c27-22-15-25(23(28)24-22)14-16-8-9-21-17(12-16)10-11-26(21)32(29,30)20-7-3-6-19(13-20)31-18-4-1-2-5-18/h3,6-13,18H,1-2,4-5,14-15H2,(H,24,27,28). The van der Waals surface area contributed by atoms with Crippen molar-refractivity contribution in [1.29, 1.82) is 0 Å². The van der Waals surface area contributed by atoms with Crippen molar-refractivity contribution in [2.45, 2.75) is 43.2 Å². The minimum atomic E-state index is -3.81. The summed E-state index contributed by atoms with van der Waals surface area (Å²) in [6.07, 6.45) is 5.94. The highest BCUT2D eigenvalue weighted by atomic mass is 32.2. The summed E-state index contributed by atoms with van der Waals surface area (Å²) in [6.45, 7) is 0.289. The second-order valence-corrected chi connectivity index (χ2v) is 10.0. The summed E-state index contributed by atoms with van der Waals surface area (Å²) in [5.41, 5.74) is 1.35. The maximum Gasteiger partial charge on any atom is 0.324 e. The maximum atomic E-state index is 13.3. The number of rotatable bonds is 6. The SMILES string of the molecule is O=C1CN(Cc2ccc3c(ccn3S(=O)(=O)c3cccc(OC4CCCC4)c3)c2)C(=O)N1. The van der Waals surface area contributed by atoms with E-state index in [1.165, 1.54) is 15.1 Å². The first kappa shape index (κ1) is 20.6. The van der Waals surface area contributed by atoms with E-state index in [-0.39, 0.29) is 30.0 Å². The predicted octanol–water partition coefficient (Wildman–Crippen LogP) is 3.25. The highest BCUT2D eigenvalue weighted by Crippen LogP contribution is 2.28. The molecule has 0 radical (unpaired) electrons. The summed E-state index contributed by atoms with van der Waals surface area (Å²) >= 11 is 0. The van der Waals surface area contributed by atoms with Gasteiger partial charge in [0.1, 0.15) is 12.3 Å². The first-order valence-electron chi connectivity index (χ1n) is 10.6. The topological polar surface area (TPSA) is 97.7 Å². The second kappa shape index (κ2) is 7.98. The molecule has 3 aromatic rings. The van der Waals surface area contributed by atoms with E-state index in [0.717, 1.165) is 36.6 Å². The Balaban J connectivity index is 1.41. The molecule has 0 atom stereocenters. The first-order valence-corrected chi connectivity index (χ1v) is 12.1.